The van der Waals surface area contributed by atoms with Gasteiger partial charge in [0.05, 0.1) is 12.4 Å². The molecule has 3 rings (SSSR count). The molecular formula is C17H23N3O3S. The smallest absolute Gasteiger partial charge is 0.273 e. The van der Waals surface area contributed by atoms with Gasteiger partial charge in [0, 0.05) is 24.6 Å². The van der Waals surface area contributed by atoms with Crippen molar-refractivity contribution in [2.45, 2.75) is 32.3 Å². The molecule has 2 aromatic heterocycles. The van der Waals surface area contributed by atoms with Crippen molar-refractivity contribution in [3.63, 3.8) is 0 Å². The van der Waals surface area contributed by atoms with Crippen LogP contribution in [-0.4, -0.2) is 48.1 Å². The van der Waals surface area contributed by atoms with Gasteiger partial charge in [-0.2, -0.15) is 0 Å². The molecule has 1 saturated heterocycles. The molecule has 0 aliphatic carbocycles. The molecule has 130 valence electrons. The van der Waals surface area contributed by atoms with E-state index in [9.17, 15) is 4.79 Å². The molecule has 6 nitrogen and oxygen atoms in total. The predicted octanol–water partition coefficient (Wildman–Crippen LogP) is 2.68. The van der Waals surface area contributed by atoms with Gasteiger partial charge in [0.15, 0.2) is 10.8 Å². The molecule has 1 aliphatic heterocycles. The first-order valence-corrected chi connectivity index (χ1v) is 9.13. The van der Waals surface area contributed by atoms with E-state index in [4.69, 9.17) is 14.9 Å². The maximum atomic E-state index is 12.8. The third-order valence-electron chi connectivity index (χ3n) is 4.16. The fraction of sp³-hybridized carbons (Fsp3) is 0.529. The lowest BCUT2D eigenvalue weighted by molar-refractivity contribution is 0.00830. The van der Waals surface area contributed by atoms with Gasteiger partial charge in [-0.05, 0) is 44.9 Å². The average Bonchev–Trinajstić information content (AvgIpc) is 3.24. The van der Waals surface area contributed by atoms with E-state index < -0.39 is 0 Å². The zero-order valence-corrected chi connectivity index (χ0v) is 14.7. The number of piperidine rings is 1. The van der Waals surface area contributed by atoms with Gasteiger partial charge in [0.25, 0.3) is 5.91 Å². The van der Waals surface area contributed by atoms with Crippen molar-refractivity contribution in [3.8, 4) is 10.8 Å². The number of aryl methyl sites for hydroxylation is 1. The highest BCUT2D eigenvalue weighted by molar-refractivity contribution is 7.15. The topological polar surface area (TPSA) is 81.6 Å². The van der Waals surface area contributed by atoms with Crippen LogP contribution in [0.3, 0.4) is 0 Å². The Labute approximate surface area is 145 Å². The highest BCUT2D eigenvalue weighted by Gasteiger charge is 2.27. The molecule has 0 unspecified atom stereocenters. The second-order valence-corrected chi connectivity index (χ2v) is 7.11. The van der Waals surface area contributed by atoms with Gasteiger partial charge < -0.3 is 19.8 Å². The number of likely N-dealkylation sites (tertiary alicyclic amines) is 1. The second-order valence-electron chi connectivity index (χ2n) is 5.91. The van der Waals surface area contributed by atoms with Gasteiger partial charge in [0.1, 0.15) is 5.69 Å². The lowest BCUT2D eigenvalue weighted by atomic mass is 10.1. The van der Waals surface area contributed by atoms with Gasteiger partial charge >= 0.3 is 0 Å². The van der Waals surface area contributed by atoms with E-state index in [-0.39, 0.29) is 12.0 Å². The summed E-state index contributed by atoms with van der Waals surface area (Å²) in [4.78, 5) is 20.0. The predicted molar refractivity (Wildman–Crippen MR) is 93.1 cm³/mol. The Hall–Kier alpha value is -1.70. The van der Waals surface area contributed by atoms with Crippen molar-refractivity contribution in [2.75, 3.05) is 26.2 Å². The van der Waals surface area contributed by atoms with E-state index in [1.807, 2.05) is 24.0 Å². The number of carbonyl (C=O) groups excluding carboxylic acids is 1. The summed E-state index contributed by atoms with van der Waals surface area (Å²) in [6, 6.07) is 3.68. The van der Waals surface area contributed by atoms with E-state index in [1.165, 1.54) is 11.3 Å². The molecule has 0 radical (unpaired) electrons. The largest absolute Gasteiger partial charge is 0.462 e. The SMILES string of the molecule is Cc1sc(-c2ccco2)nc1C(=O)N1CCC(OCCCN)CC1. The van der Waals surface area contributed by atoms with Crippen LogP contribution >= 0.6 is 11.3 Å². The summed E-state index contributed by atoms with van der Waals surface area (Å²) in [5, 5.41) is 0.751. The molecule has 7 heteroatoms. The van der Waals surface area contributed by atoms with Gasteiger partial charge in [0.2, 0.25) is 0 Å². The first kappa shape index (κ1) is 17.1. The zero-order chi connectivity index (χ0) is 16.9. The summed E-state index contributed by atoms with van der Waals surface area (Å²) in [6.07, 6.45) is 4.46. The Kier molecular flexibility index (Phi) is 5.65. The number of aromatic nitrogens is 1. The molecule has 0 saturated carbocycles. The molecule has 0 spiro atoms. The van der Waals surface area contributed by atoms with Crippen LogP contribution < -0.4 is 5.73 Å². The molecule has 1 fully saturated rings. The molecule has 0 atom stereocenters. The maximum Gasteiger partial charge on any atom is 0.273 e. The molecule has 1 aliphatic rings. The minimum Gasteiger partial charge on any atom is -0.462 e. The first-order chi connectivity index (χ1) is 11.7. The third-order valence-corrected chi connectivity index (χ3v) is 5.15. The van der Waals surface area contributed by atoms with Gasteiger partial charge in [-0.3, -0.25) is 4.79 Å². The molecule has 24 heavy (non-hydrogen) atoms. The number of hydrogen-bond acceptors (Lipinski definition) is 6. The Morgan fingerprint density at radius 2 is 2.29 bits per heavy atom. The Bertz CT molecular complexity index is 661. The fourth-order valence-corrected chi connectivity index (χ4v) is 3.68. The normalized spacial score (nSPS) is 15.8. The van der Waals surface area contributed by atoms with Crippen LogP contribution in [0.2, 0.25) is 0 Å². The highest BCUT2D eigenvalue weighted by atomic mass is 32.1. The van der Waals surface area contributed by atoms with Gasteiger partial charge in [-0.25, -0.2) is 4.98 Å². The summed E-state index contributed by atoms with van der Waals surface area (Å²) in [7, 11) is 0. The van der Waals surface area contributed by atoms with Crippen LogP contribution in [0.5, 0.6) is 0 Å². The maximum absolute atomic E-state index is 12.8. The number of furan rings is 1. The summed E-state index contributed by atoms with van der Waals surface area (Å²) in [6.45, 7) is 4.70. The number of nitrogens with two attached hydrogens (primary N) is 1. The summed E-state index contributed by atoms with van der Waals surface area (Å²) in [5.74, 6) is 0.705. The number of rotatable bonds is 6. The van der Waals surface area contributed by atoms with Crippen molar-refractivity contribution in [1.82, 2.24) is 9.88 Å². The summed E-state index contributed by atoms with van der Waals surface area (Å²) >= 11 is 1.49. The number of thiazole rings is 1. The van der Waals surface area contributed by atoms with E-state index in [1.54, 1.807) is 6.26 Å². The molecule has 0 bridgehead atoms. The van der Waals surface area contributed by atoms with Crippen LogP contribution in [0.1, 0.15) is 34.6 Å². The van der Waals surface area contributed by atoms with E-state index in [2.05, 4.69) is 4.98 Å². The number of amides is 1. The average molecular weight is 349 g/mol. The van der Waals surface area contributed by atoms with Gasteiger partial charge in [-0.1, -0.05) is 0 Å². The van der Waals surface area contributed by atoms with Crippen molar-refractivity contribution >= 4 is 17.2 Å². The number of nitrogens with zero attached hydrogens (tertiary/aromatic N) is 2. The Morgan fingerprint density at radius 1 is 1.50 bits per heavy atom. The standard InChI is InChI=1S/C17H23N3O3S/c1-12-15(19-16(24-12)14-4-2-10-23-14)17(21)20-8-5-13(6-9-20)22-11-3-7-18/h2,4,10,13H,3,5-9,11,18H2,1H3. The monoisotopic (exact) mass is 349 g/mol. The van der Waals surface area contributed by atoms with Crippen molar-refractivity contribution in [1.29, 1.82) is 0 Å². The Balaban J connectivity index is 1.60. The van der Waals surface area contributed by atoms with E-state index in [0.29, 0.717) is 37.7 Å². The van der Waals surface area contributed by atoms with Gasteiger partial charge in [-0.15, -0.1) is 11.3 Å². The Morgan fingerprint density at radius 3 is 2.96 bits per heavy atom. The first-order valence-electron chi connectivity index (χ1n) is 8.31. The lowest BCUT2D eigenvalue weighted by Crippen LogP contribution is -2.41. The van der Waals surface area contributed by atoms with Crippen LogP contribution in [0.25, 0.3) is 10.8 Å². The minimum atomic E-state index is 0.00182. The molecule has 3 heterocycles. The third kappa shape index (κ3) is 3.85. The second kappa shape index (κ2) is 7.92. The van der Waals surface area contributed by atoms with Crippen molar-refractivity contribution in [2.24, 2.45) is 5.73 Å². The summed E-state index contributed by atoms with van der Waals surface area (Å²) in [5.41, 5.74) is 6.01. The van der Waals surface area contributed by atoms with Crippen LogP contribution in [-0.2, 0) is 4.74 Å². The number of carbonyl (C=O) groups is 1. The van der Waals surface area contributed by atoms with Crippen LogP contribution in [0.15, 0.2) is 22.8 Å². The van der Waals surface area contributed by atoms with E-state index in [0.717, 1.165) is 29.1 Å². The minimum absolute atomic E-state index is 0.00182. The zero-order valence-electron chi connectivity index (χ0n) is 13.9. The molecule has 2 N–H and O–H groups in total. The number of ether oxygens (including phenoxy) is 1. The molecule has 0 aromatic carbocycles. The van der Waals surface area contributed by atoms with Crippen LogP contribution in [0.4, 0.5) is 0 Å². The molecule has 2 aromatic rings. The number of hydrogen-bond donors (Lipinski definition) is 1. The molecular weight excluding hydrogens is 326 g/mol. The van der Waals surface area contributed by atoms with Crippen molar-refractivity contribution < 1.29 is 13.9 Å². The fourth-order valence-electron chi connectivity index (χ4n) is 2.81. The lowest BCUT2D eigenvalue weighted by Gasteiger charge is -2.31. The van der Waals surface area contributed by atoms with Crippen LogP contribution in [0, 0.1) is 6.92 Å². The van der Waals surface area contributed by atoms with E-state index >= 15 is 0 Å². The highest BCUT2D eigenvalue weighted by Crippen LogP contribution is 2.29. The summed E-state index contributed by atoms with van der Waals surface area (Å²) < 4.78 is 11.2. The van der Waals surface area contributed by atoms with Crippen molar-refractivity contribution in [3.05, 3.63) is 29.0 Å². The quantitative estimate of drug-likeness (QED) is 0.811. The molecule has 1 amide bonds.